The minimum atomic E-state index is 0.591. The number of allylic oxidation sites excluding steroid dienone is 1. The molecular formula is C16H9BrN2S. The summed E-state index contributed by atoms with van der Waals surface area (Å²) in [5.41, 5.74) is 2.52. The molecule has 0 aliphatic heterocycles. The van der Waals surface area contributed by atoms with Crippen molar-refractivity contribution >= 4 is 49.1 Å². The second kappa shape index (κ2) is 5.58. The molecule has 4 heteroatoms. The van der Waals surface area contributed by atoms with Crippen LogP contribution in [0.4, 0.5) is 0 Å². The Hall–Kier alpha value is -1.96. The van der Waals surface area contributed by atoms with Crippen molar-refractivity contribution in [1.29, 1.82) is 5.26 Å². The molecule has 3 rings (SSSR count). The summed E-state index contributed by atoms with van der Waals surface area (Å²) in [5, 5.41) is 10.1. The lowest BCUT2D eigenvalue weighted by Crippen LogP contribution is -1.80. The Labute approximate surface area is 129 Å². The number of benzene rings is 2. The molecule has 0 aliphatic rings. The van der Waals surface area contributed by atoms with Crippen LogP contribution in [-0.2, 0) is 0 Å². The fourth-order valence-corrected chi connectivity index (χ4v) is 3.05. The van der Waals surface area contributed by atoms with Gasteiger partial charge in [-0.05, 0) is 35.9 Å². The van der Waals surface area contributed by atoms with Gasteiger partial charge in [-0.2, -0.15) is 5.26 Å². The number of para-hydroxylation sites is 1. The van der Waals surface area contributed by atoms with Gasteiger partial charge >= 0.3 is 0 Å². The average molecular weight is 341 g/mol. The van der Waals surface area contributed by atoms with E-state index in [4.69, 9.17) is 0 Å². The van der Waals surface area contributed by atoms with E-state index in [1.807, 2.05) is 54.6 Å². The van der Waals surface area contributed by atoms with Gasteiger partial charge in [-0.3, -0.25) is 0 Å². The van der Waals surface area contributed by atoms with Gasteiger partial charge in [-0.15, -0.1) is 11.3 Å². The fraction of sp³-hybridized carbons (Fsp3) is 0. The van der Waals surface area contributed by atoms with Crippen molar-refractivity contribution in [3.8, 4) is 6.07 Å². The van der Waals surface area contributed by atoms with Gasteiger partial charge in [0.2, 0.25) is 0 Å². The molecule has 0 N–H and O–H groups in total. The number of rotatable bonds is 2. The molecule has 0 aliphatic carbocycles. The number of halogens is 1. The first kappa shape index (κ1) is 13.0. The maximum Gasteiger partial charge on any atom is 0.135 e. The summed E-state index contributed by atoms with van der Waals surface area (Å²) in [7, 11) is 0. The monoisotopic (exact) mass is 340 g/mol. The van der Waals surface area contributed by atoms with E-state index in [1.165, 1.54) is 0 Å². The summed E-state index contributed by atoms with van der Waals surface area (Å²) in [5.74, 6) is 0. The Balaban J connectivity index is 2.05. The fourth-order valence-electron chi connectivity index (χ4n) is 1.85. The lowest BCUT2D eigenvalue weighted by atomic mass is 10.1. The Bertz CT molecular complexity index is 793. The summed E-state index contributed by atoms with van der Waals surface area (Å²) in [6.07, 6.45) is 1.87. The van der Waals surface area contributed by atoms with Crippen molar-refractivity contribution in [2.75, 3.05) is 0 Å². The number of nitrogens with zero attached hydrogens (tertiary/aromatic N) is 2. The summed E-state index contributed by atoms with van der Waals surface area (Å²) in [6.45, 7) is 0. The molecule has 3 aromatic rings. The third-order valence-corrected chi connectivity index (χ3v) is 4.42. The Kier molecular flexibility index (Phi) is 3.64. The summed E-state index contributed by atoms with van der Waals surface area (Å²) < 4.78 is 2.12. The average Bonchev–Trinajstić information content (AvgIpc) is 2.90. The number of fused-ring (bicyclic) bond motifs is 1. The predicted molar refractivity (Wildman–Crippen MR) is 87.2 cm³/mol. The molecule has 0 spiro atoms. The number of hydrogen-bond acceptors (Lipinski definition) is 3. The van der Waals surface area contributed by atoms with Crippen LogP contribution < -0.4 is 0 Å². The third-order valence-electron chi connectivity index (χ3n) is 2.83. The zero-order valence-electron chi connectivity index (χ0n) is 10.4. The number of nitriles is 1. The third kappa shape index (κ3) is 2.64. The second-order valence-corrected chi connectivity index (χ2v) is 6.15. The molecule has 0 saturated heterocycles. The van der Waals surface area contributed by atoms with Gasteiger partial charge in [0.15, 0.2) is 0 Å². The van der Waals surface area contributed by atoms with Gasteiger partial charge in [0, 0.05) is 4.47 Å². The predicted octanol–water partition coefficient (Wildman–Crippen LogP) is 5.12. The Morgan fingerprint density at radius 3 is 2.60 bits per heavy atom. The van der Waals surface area contributed by atoms with Crippen molar-refractivity contribution in [3.63, 3.8) is 0 Å². The van der Waals surface area contributed by atoms with Crippen molar-refractivity contribution in [3.05, 3.63) is 63.6 Å². The van der Waals surface area contributed by atoms with Crippen molar-refractivity contribution < 1.29 is 0 Å². The molecule has 0 unspecified atom stereocenters. The van der Waals surface area contributed by atoms with E-state index in [9.17, 15) is 5.26 Å². The molecule has 1 aromatic heterocycles. The molecular weight excluding hydrogens is 332 g/mol. The molecule has 0 atom stereocenters. The van der Waals surface area contributed by atoms with Gasteiger partial charge in [-0.1, -0.05) is 40.2 Å². The first-order valence-electron chi connectivity index (χ1n) is 5.99. The van der Waals surface area contributed by atoms with Crippen molar-refractivity contribution in [2.45, 2.75) is 0 Å². The lowest BCUT2D eigenvalue weighted by molar-refractivity contribution is 1.43. The van der Waals surface area contributed by atoms with Crippen LogP contribution in [0.25, 0.3) is 21.9 Å². The van der Waals surface area contributed by atoms with E-state index in [2.05, 4.69) is 27.0 Å². The topological polar surface area (TPSA) is 36.7 Å². The second-order valence-electron chi connectivity index (χ2n) is 4.21. The summed E-state index contributed by atoms with van der Waals surface area (Å²) >= 11 is 4.94. The zero-order valence-corrected chi connectivity index (χ0v) is 12.8. The van der Waals surface area contributed by atoms with Gasteiger partial charge in [0.1, 0.15) is 11.1 Å². The molecule has 0 fully saturated rings. The van der Waals surface area contributed by atoms with Crippen LogP contribution in [0.2, 0.25) is 0 Å². The van der Waals surface area contributed by atoms with Crippen molar-refractivity contribution in [2.24, 2.45) is 0 Å². The number of hydrogen-bond donors (Lipinski definition) is 0. The van der Waals surface area contributed by atoms with E-state index >= 15 is 0 Å². The molecule has 96 valence electrons. The minimum Gasteiger partial charge on any atom is -0.235 e. The molecule has 2 nitrogen and oxygen atoms in total. The normalized spacial score (nSPS) is 11.5. The van der Waals surface area contributed by atoms with E-state index in [0.29, 0.717) is 5.57 Å². The van der Waals surface area contributed by atoms with Crippen LogP contribution >= 0.6 is 27.3 Å². The van der Waals surface area contributed by atoms with Crippen LogP contribution in [0, 0.1) is 11.3 Å². The quantitative estimate of drug-likeness (QED) is 0.607. The zero-order chi connectivity index (χ0) is 13.9. The van der Waals surface area contributed by atoms with Crippen LogP contribution in [-0.4, -0.2) is 4.98 Å². The van der Waals surface area contributed by atoms with E-state index < -0.39 is 0 Å². The molecule has 0 radical (unpaired) electrons. The first-order chi connectivity index (χ1) is 9.76. The van der Waals surface area contributed by atoms with Crippen LogP contribution in [0.3, 0.4) is 0 Å². The Morgan fingerprint density at radius 1 is 1.15 bits per heavy atom. The smallest absolute Gasteiger partial charge is 0.135 e. The van der Waals surface area contributed by atoms with Crippen LogP contribution in [0.1, 0.15) is 10.6 Å². The largest absolute Gasteiger partial charge is 0.235 e. The maximum absolute atomic E-state index is 9.36. The molecule has 20 heavy (non-hydrogen) atoms. The summed E-state index contributed by atoms with van der Waals surface area (Å²) in [6, 6.07) is 18.0. The van der Waals surface area contributed by atoms with E-state index in [-0.39, 0.29) is 0 Å². The number of aromatic nitrogens is 1. The van der Waals surface area contributed by atoms with Gasteiger partial charge in [-0.25, -0.2) is 4.98 Å². The molecule has 0 amide bonds. The SMILES string of the molecule is N#C/C(=C/c1ccc(Br)cc1)c1nc2ccccc2s1. The molecule has 0 bridgehead atoms. The highest BCUT2D eigenvalue weighted by Gasteiger charge is 2.08. The molecule has 0 saturated carbocycles. The Morgan fingerprint density at radius 2 is 1.90 bits per heavy atom. The van der Waals surface area contributed by atoms with E-state index in [0.717, 1.165) is 25.3 Å². The first-order valence-corrected chi connectivity index (χ1v) is 7.60. The van der Waals surface area contributed by atoms with Crippen LogP contribution in [0.15, 0.2) is 53.0 Å². The lowest BCUT2D eigenvalue weighted by Gasteiger charge is -1.95. The maximum atomic E-state index is 9.36. The minimum absolute atomic E-state index is 0.591. The summed E-state index contributed by atoms with van der Waals surface area (Å²) in [4.78, 5) is 4.52. The molecule has 1 heterocycles. The van der Waals surface area contributed by atoms with Gasteiger partial charge in [0.05, 0.1) is 15.8 Å². The highest BCUT2D eigenvalue weighted by molar-refractivity contribution is 9.10. The van der Waals surface area contributed by atoms with Crippen molar-refractivity contribution in [1.82, 2.24) is 4.98 Å². The van der Waals surface area contributed by atoms with Gasteiger partial charge < -0.3 is 0 Å². The standard InChI is InChI=1S/C16H9BrN2S/c17-13-7-5-11(6-8-13)9-12(10-18)16-19-14-3-1-2-4-15(14)20-16/h1-9H/b12-9-. The van der Waals surface area contributed by atoms with Crippen LogP contribution in [0.5, 0.6) is 0 Å². The highest BCUT2D eigenvalue weighted by atomic mass is 79.9. The molecule has 2 aromatic carbocycles. The van der Waals surface area contributed by atoms with E-state index in [1.54, 1.807) is 11.3 Å². The highest BCUT2D eigenvalue weighted by Crippen LogP contribution is 2.28. The number of thiazole rings is 1. The van der Waals surface area contributed by atoms with Gasteiger partial charge in [0.25, 0.3) is 0 Å².